The average molecular weight is 325 g/mol. The molecule has 1 amide bonds. The second-order valence-electron chi connectivity index (χ2n) is 4.28. The van der Waals surface area contributed by atoms with Gasteiger partial charge in [-0.1, -0.05) is 41.7 Å². The summed E-state index contributed by atoms with van der Waals surface area (Å²) >= 11 is 6.46. The van der Waals surface area contributed by atoms with Gasteiger partial charge in [0.1, 0.15) is 11.5 Å². The van der Waals surface area contributed by atoms with Gasteiger partial charge in [-0.2, -0.15) is 0 Å². The molecule has 0 fully saturated rings. The van der Waals surface area contributed by atoms with Gasteiger partial charge in [0.25, 0.3) is 0 Å². The van der Waals surface area contributed by atoms with Crippen LogP contribution in [-0.4, -0.2) is 23.4 Å². The smallest absolute Gasteiger partial charge is 0.350 e. The van der Waals surface area contributed by atoms with Gasteiger partial charge in [-0.3, -0.25) is 9.69 Å². The first-order chi connectivity index (χ1) is 9.99. The number of carbonyl (C=O) groups excluding carboxylic acids is 2. The molecule has 0 bridgehead atoms. The molecular weight excluding hydrogens is 312 g/mol. The van der Waals surface area contributed by atoms with Gasteiger partial charge in [0.05, 0.1) is 5.69 Å². The highest BCUT2D eigenvalue weighted by molar-refractivity contribution is 7.17. The van der Waals surface area contributed by atoms with Gasteiger partial charge in [-0.05, 0) is 24.1 Å². The van der Waals surface area contributed by atoms with Gasteiger partial charge in [-0.25, -0.2) is 9.78 Å². The van der Waals surface area contributed by atoms with Crippen LogP contribution in [0.5, 0.6) is 0 Å². The summed E-state index contributed by atoms with van der Waals surface area (Å²) in [6.07, 6.45) is 0. The van der Waals surface area contributed by atoms with Gasteiger partial charge in [0, 0.05) is 7.05 Å². The number of benzene rings is 1. The molecule has 21 heavy (non-hydrogen) atoms. The second-order valence-corrected chi connectivity index (χ2v) is 5.59. The van der Waals surface area contributed by atoms with Crippen molar-refractivity contribution in [1.82, 2.24) is 4.98 Å². The Kier molecular flexibility index (Phi) is 4.93. The van der Waals surface area contributed by atoms with Crippen LogP contribution in [0.4, 0.5) is 9.93 Å². The number of thiazole rings is 1. The number of esters is 1. The van der Waals surface area contributed by atoms with Crippen LogP contribution in [0.15, 0.2) is 30.3 Å². The third kappa shape index (κ3) is 3.80. The molecule has 0 spiro atoms. The Labute approximate surface area is 131 Å². The monoisotopic (exact) mass is 324 g/mol. The van der Waals surface area contributed by atoms with E-state index in [1.807, 2.05) is 30.3 Å². The van der Waals surface area contributed by atoms with Crippen molar-refractivity contribution in [3.63, 3.8) is 0 Å². The van der Waals surface area contributed by atoms with Crippen LogP contribution < -0.4 is 4.90 Å². The summed E-state index contributed by atoms with van der Waals surface area (Å²) in [6, 6.07) is 9.39. The number of amides is 1. The molecule has 1 aromatic carbocycles. The summed E-state index contributed by atoms with van der Waals surface area (Å²) in [5, 5.41) is -0.299. The van der Waals surface area contributed by atoms with E-state index in [4.69, 9.17) is 16.3 Å². The summed E-state index contributed by atoms with van der Waals surface area (Å²) in [5.41, 5.74) is 1.42. The predicted molar refractivity (Wildman–Crippen MR) is 82.1 cm³/mol. The molecule has 1 aromatic heterocycles. The number of hydrogen-bond donors (Lipinski definition) is 0. The molecule has 5 nitrogen and oxygen atoms in total. The zero-order chi connectivity index (χ0) is 15.4. The molecule has 2 rings (SSSR count). The van der Waals surface area contributed by atoms with E-state index in [-0.39, 0.29) is 6.61 Å². The van der Waals surface area contributed by atoms with Crippen molar-refractivity contribution in [3.8, 4) is 0 Å². The molecule has 110 valence electrons. The van der Waals surface area contributed by atoms with Crippen LogP contribution in [0.2, 0.25) is 0 Å². The highest BCUT2D eigenvalue weighted by atomic mass is 35.5. The Bertz CT molecular complexity index is 657. The van der Waals surface area contributed by atoms with Crippen molar-refractivity contribution < 1.29 is 14.3 Å². The van der Waals surface area contributed by atoms with Crippen molar-refractivity contribution in [2.24, 2.45) is 0 Å². The lowest BCUT2D eigenvalue weighted by atomic mass is 10.2. The zero-order valence-electron chi connectivity index (χ0n) is 11.5. The summed E-state index contributed by atoms with van der Waals surface area (Å²) in [5.74, 6) is -0.462. The largest absolute Gasteiger partial charge is 0.457 e. The maximum absolute atomic E-state index is 12.1. The van der Waals surface area contributed by atoms with E-state index in [0.717, 1.165) is 16.9 Å². The molecule has 7 heteroatoms. The van der Waals surface area contributed by atoms with Crippen LogP contribution in [0.25, 0.3) is 0 Å². The Morgan fingerprint density at radius 1 is 1.33 bits per heavy atom. The second kappa shape index (κ2) is 6.69. The first-order valence-corrected chi connectivity index (χ1v) is 7.30. The molecular formula is C14H13ClN2O3S. The summed E-state index contributed by atoms with van der Waals surface area (Å²) in [6.45, 7) is 1.88. The van der Waals surface area contributed by atoms with Gasteiger partial charge in [0.15, 0.2) is 5.13 Å². The zero-order valence-corrected chi connectivity index (χ0v) is 13.1. The molecule has 2 aromatic rings. The van der Waals surface area contributed by atoms with E-state index in [1.54, 1.807) is 6.92 Å². The molecule has 0 aliphatic rings. The van der Waals surface area contributed by atoms with Crippen LogP contribution in [0.1, 0.15) is 20.9 Å². The summed E-state index contributed by atoms with van der Waals surface area (Å²) < 4.78 is 5.24. The Morgan fingerprint density at radius 3 is 2.62 bits per heavy atom. The number of carbonyl (C=O) groups is 2. The normalized spacial score (nSPS) is 10.2. The fourth-order valence-corrected chi connectivity index (χ4v) is 2.63. The number of rotatable bonds is 4. The van der Waals surface area contributed by atoms with Gasteiger partial charge in [0.2, 0.25) is 0 Å². The van der Waals surface area contributed by atoms with Crippen molar-refractivity contribution in [2.45, 2.75) is 13.5 Å². The van der Waals surface area contributed by atoms with Crippen molar-refractivity contribution in [1.29, 1.82) is 0 Å². The molecule has 0 unspecified atom stereocenters. The van der Waals surface area contributed by atoms with Crippen LogP contribution in [0.3, 0.4) is 0 Å². The summed E-state index contributed by atoms with van der Waals surface area (Å²) in [7, 11) is 1.49. The molecule has 0 saturated carbocycles. The third-order valence-corrected chi connectivity index (χ3v) is 4.20. The minimum Gasteiger partial charge on any atom is -0.457 e. The highest BCUT2D eigenvalue weighted by Crippen LogP contribution is 2.27. The lowest BCUT2D eigenvalue weighted by molar-refractivity contribution is 0.0477. The van der Waals surface area contributed by atoms with Gasteiger partial charge >= 0.3 is 11.3 Å². The Hall–Kier alpha value is -1.92. The number of ether oxygens (including phenoxy) is 1. The van der Waals surface area contributed by atoms with Crippen LogP contribution in [-0.2, 0) is 11.3 Å². The highest BCUT2D eigenvalue weighted by Gasteiger charge is 2.20. The first-order valence-electron chi connectivity index (χ1n) is 6.10. The van der Waals surface area contributed by atoms with Gasteiger partial charge in [-0.15, -0.1) is 0 Å². The number of aromatic nitrogens is 1. The van der Waals surface area contributed by atoms with Crippen molar-refractivity contribution >= 4 is 39.4 Å². The molecule has 0 aliphatic heterocycles. The van der Waals surface area contributed by atoms with Crippen molar-refractivity contribution in [3.05, 3.63) is 46.5 Å². The fraction of sp³-hybridized carbons (Fsp3) is 0.214. The summed E-state index contributed by atoms with van der Waals surface area (Å²) in [4.78, 5) is 28.8. The van der Waals surface area contributed by atoms with E-state index < -0.39 is 11.3 Å². The van der Waals surface area contributed by atoms with Crippen LogP contribution >= 0.6 is 22.9 Å². The van der Waals surface area contributed by atoms with Gasteiger partial charge < -0.3 is 4.74 Å². The van der Waals surface area contributed by atoms with E-state index in [2.05, 4.69) is 4.98 Å². The quantitative estimate of drug-likeness (QED) is 0.490. The lowest BCUT2D eigenvalue weighted by Gasteiger charge is -2.07. The van der Waals surface area contributed by atoms with Crippen molar-refractivity contribution in [2.75, 3.05) is 11.9 Å². The standard InChI is InChI=1S/C14H13ClN2O3S/c1-9-11(21-14(16-9)17(2)13(15)19)12(18)20-8-10-6-4-3-5-7-10/h3-7H,8H2,1-2H3. The average Bonchev–Trinajstić information content (AvgIpc) is 2.87. The predicted octanol–water partition coefficient (Wildman–Crippen LogP) is 3.60. The topological polar surface area (TPSA) is 59.5 Å². The molecule has 0 atom stereocenters. The Balaban J connectivity index is 2.07. The number of halogens is 1. The SMILES string of the molecule is Cc1nc(N(C)C(=O)Cl)sc1C(=O)OCc1ccccc1. The maximum atomic E-state index is 12.1. The molecule has 1 heterocycles. The number of nitrogens with zero attached hydrogens (tertiary/aromatic N) is 2. The third-order valence-electron chi connectivity index (χ3n) is 2.73. The minimum absolute atomic E-state index is 0.191. The van der Waals surface area contributed by atoms with E-state index >= 15 is 0 Å². The van der Waals surface area contributed by atoms with E-state index in [9.17, 15) is 9.59 Å². The maximum Gasteiger partial charge on any atom is 0.350 e. The molecule has 0 N–H and O–H groups in total. The first kappa shape index (κ1) is 15.5. The Morgan fingerprint density at radius 2 is 2.00 bits per heavy atom. The minimum atomic E-state index is -0.659. The van der Waals surface area contributed by atoms with E-state index in [0.29, 0.717) is 15.7 Å². The molecule has 0 aliphatic carbocycles. The number of anilines is 1. The fourth-order valence-electron chi connectivity index (χ4n) is 1.58. The molecule has 0 saturated heterocycles. The van der Waals surface area contributed by atoms with Crippen LogP contribution in [0, 0.1) is 6.92 Å². The molecule has 0 radical (unpaired) electrons. The number of aryl methyl sites for hydroxylation is 1. The van der Waals surface area contributed by atoms with E-state index in [1.165, 1.54) is 11.9 Å². The lowest BCUT2D eigenvalue weighted by Crippen LogP contribution is -2.19. The number of hydrogen-bond acceptors (Lipinski definition) is 5.